The SMILES string of the molecule is O=C(O)c1coc(-c2cccc(Br)c2Cl)n1. The Morgan fingerprint density at radius 3 is 2.88 bits per heavy atom. The Morgan fingerprint density at radius 2 is 2.25 bits per heavy atom. The highest BCUT2D eigenvalue weighted by Crippen LogP contribution is 2.32. The van der Waals surface area contributed by atoms with E-state index in [1.807, 2.05) is 0 Å². The molecule has 1 aromatic heterocycles. The number of hydrogen-bond donors (Lipinski definition) is 1. The van der Waals surface area contributed by atoms with Gasteiger partial charge < -0.3 is 9.52 Å². The molecule has 0 aliphatic heterocycles. The summed E-state index contributed by atoms with van der Waals surface area (Å²) < 4.78 is 5.75. The van der Waals surface area contributed by atoms with Crippen molar-refractivity contribution < 1.29 is 14.3 Å². The Balaban J connectivity index is 2.50. The standard InChI is InChI=1S/C10H5BrClNO3/c11-6-3-1-2-5(8(6)12)9-13-7(4-16-9)10(14)15/h1-4H,(H,14,15). The molecule has 6 heteroatoms. The van der Waals surface area contributed by atoms with Crippen LogP contribution in [0.25, 0.3) is 11.5 Å². The highest BCUT2D eigenvalue weighted by molar-refractivity contribution is 9.10. The van der Waals surface area contributed by atoms with Gasteiger partial charge in [-0.15, -0.1) is 0 Å². The van der Waals surface area contributed by atoms with Crippen LogP contribution < -0.4 is 0 Å². The van der Waals surface area contributed by atoms with Gasteiger partial charge >= 0.3 is 5.97 Å². The number of carboxylic acids is 1. The van der Waals surface area contributed by atoms with Crippen LogP contribution in [0.4, 0.5) is 0 Å². The first kappa shape index (κ1) is 11.2. The summed E-state index contributed by atoms with van der Waals surface area (Å²) in [7, 11) is 0. The molecule has 0 saturated carbocycles. The first-order chi connectivity index (χ1) is 7.59. The third-order valence-electron chi connectivity index (χ3n) is 1.91. The topological polar surface area (TPSA) is 63.3 Å². The van der Waals surface area contributed by atoms with Crippen molar-refractivity contribution in [3.8, 4) is 11.5 Å². The largest absolute Gasteiger partial charge is 0.476 e. The summed E-state index contributed by atoms with van der Waals surface area (Å²) >= 11 is 9.28. The summed E-state index contributed by atoms with van der Waals surface area (Å²) in [6.07, 6.45) is 1.08. The molecular weight excluding hydrogens is 297 g/mol. The molecule has 0 spiro atoms. The van der Waals surface area contributed by atoms with E-state index in [9.17, 15) is 4.79 Å². The molecule has 0 bridgehead atoms. The first-order valence-corrected chi connectivity index (χ1v) is 5.40. The number of carboxylic acid groups (broad SMARTS) is 1. The van der Waals surface area contributed by atoms with Gasteiger partial charge in [-0.3, -0.25) is 0 Å². The van der Waals surface area contributed by atoms with Gasteiger partial charge in [-0.1, -0.05) is 17.7 Å². The molecule has 0 atom stereocenters. The zero-order valence-corrected chi connectivity index (χ0v) is 10.1. The molecule has 1 aromatic carbocycles. The van der Waals surface area contributed by atoms with Gasteiger partial charge in [0.05, 0.1) is 10.6 Å². The molecular formula is C10H5BrClNO3. The molecule has 0 unspecified atom stereocenters. The van der Waals surface area contributed by atoms with Crippen LogP contribution in [-0.4, -0.2) is 16.1 Å². The van der Waals surface area contributed by atoms with Crippen molar-refractivity contribution in [1.82, 2.24) is 4.98 Å². The Hall–Kier alpha value is -1.33. The second kappa shape index (κ2) is 4.27. The van der Waals surface area contributed by atoms with E-state index >= 15 is 0 Å². The maximum Gasteiger partial charge on any atom is 0.357 e. The third kappa shape index (κ3) is 1.96. The predicted octanol–water partition coefficient (Wildman–Crippen LogP) is 3.46. The summed E-state index contributed by atoms with van der Waals surface area (Å²) in [5.74, 6) is -0.954. The van der Waals surface area contributed by atoms with Gasteiger partial charge in [-0.25, -0.2) is 9.78 Å². The minimum absolute atomic E-state index is 0.147. The molecule has 2 rings (SSSR count). The lowest BCUT2D eigenvalue weighted by Gasteiger charge is -2.00. The summed E-state index contributed by atoms with van der Waals surface area (Å²) in [4.78, 5) is 14.4. The number of benzene rings is 1. The lowest BCUT2D eigenvalue weighted by Crippen LogP contribution is -1.95. The molecule has 0 fully saturated rings. The smallest absolute Gasteiger partial charge is 0.357 e. The Kier molecular flexibility index (Phi) is 2.98. The summed E-state index contributed by atoms with van der Waals surface area (Å²) in [6, 6.07) is 5.23. The number of halogens is 2. The molecule has 1 N–H and O–H groups in total. The zero-order chi connectivity index (χ0) is 11.7. The minimum atomic E-state index is -1.14. The molecule has 2 aromatic rings. The van der Waals surface area contributed by atoms with Crippen LogP contribution >= 0.6 is 27.5 Å². The summed E-state index contributed by atoms with van der Waals surface area (Å²) in [6.45, 7) is 0. The van der Waals surface area contributed by atoms with Gasteiger partial charge in [0.2, 0.25) is 5.89 Å². The second-order valence-electron chi connectivity index (χ2n) is 2.94. The van der Waals surface area contributed by atoms with Gasteiger partial charge in [-0.2, -0.15) is 0 Å². The lowest BCUT2D eigenvalue weighted by molar-refractivity contribution is 0.0690. The summed E-state index contributed by atoms with van der Waals surface area (Å²) in [5.41, 5.74) is 0.398. The number of nitrogens with zero attached hydrogens (tertiary/aromatic N) is 1. The van der Waals surface area contributed by atoms with Crippen molar-refractivity contribution in [2.45, 2.75) is 0 Å². The Labute approximate surface area is 104 Å². The van der Waals surface area contributed by atoms with E-state index in [0.717, 1.165) is 6.26 Å². The number of rotatable bonds is 2. The van der Waals surface area contributed by atoms with E-state index in [-0.39, 0.29) is 11.6 Å². The number of carbonyl (C=O) groups is 1. The fourth-order valence-corrected chi connectivity index (χ4v) is 1.74. The molecule has 0 aliphatic rings. The van der Waals surface area contributed by atoms with E-state index in [4.69, 9.17) is 21.1 Å². The van der Waals surface area contributed by atoms with Gasteiger partial charge in [0, 0.05) is 4.47 Å². The molecule has 0 saturated heterocycles. The van der Waals surface area contributed by atoms with Gasteiger partial charge in [0.25, 0.3) is 0 Å². The molecule has 82 valence electrons. The highest BCUT2D eigenvalue weighted by atomic mass is 79.9. The molecule has 0 amide bonds. The van der Waals surface area contributed by atoms with Crippen molar-refractivity contribution in [2.24, 2.45) is 0 Å². The van der Waals surface area contributed by atoms with E-state index in [1.54, 1.807) is 18.2 Å². The maximum atomic E-state index is 10.6. The normalized spacial score (nSPS) is 10.4. The van der Waals surface area contributed by atoms with Crippen molar-refractivity contribution in [2.75, 3.05) is 0 Å². The predicted molar refractivity (Wildman–Crippen MR) is 61.6 cm³/mol. The molecule has 1 heterocycles. The lowest BCUT2D eigenvalue weighted by atomic mass is 10.2. The van der Waals surface area contributed by atoms with Crippen molar-refractivity contribution in [3.63, 3.8) is 0 Å². The average Bonchev–Trinajstić information content (AvgIpc) is 2.71. The molecule has 16 heavy (non-hydrogen) atoms. The maximum absolute atomic E-state index is 10.6. The van der Waals surface area contributed by atoms with E-state index < -0.39 is 5.97 Å². The monoisotopic (exact) mass is 301 g/mol. The second-order valence-corrected chi connectivity index (χ2v) is 4.18. The quantitative estimate of drug-likeness (QED) is 0.923. The number of aromatic carboxylic acids is 1. The van der Waals surface area contributed by atoms with Crippen LogP contribution in [0.5, 0.6) is 0 Å². The van der Waals surface area contributed by atoms with Crippen molar-refractivity contribution >= 4 is 33.5 Å². The van der Waals surface area contributed by atoms with Crippen molar-refractivity contribution in [1.29, 1.82) is 0 Å². The molecule has 0 radical (unpaired) electrons. The third-order valence-corrected chi connectivity index (χ3v) is 3.20. The number of oxazole rings is 1. The van der Waals surface area contributed by atoms with Crippen LogP contribution in [0.2, 0.25) is 5.02 Å². The zero-order valence-electron chi connectivity index (χ0n) is 7.78. The minimum Gasteiger partial charge on any atom is -0.476 e. The first-order valence-electron chi connectivity index (χ1n) is 4.23. The molecule has 4 nitrogen and oxygen atoms in total. The van der Waals surface area contributed by atoms with Crippen LogP contribution in [0, 0.1) is 0 Å². The van der Waals surface area contributed by atoms with E-state index in [1.165, 1.54) is 0 Å². The average molecular weight is 303 g/mol. The van der Waals surface area contributed by atoms with Crippen LogP contribution in [-0.2, 0) is 0 Å². The van der Waals surface area contributed by atoms with Crippen LogP contribution in [0.15, 0.2) is 33.4 Å². The van der Waals surface area contributed by atoms with Crippen molar-refractivity contribution in [3.05, 3.63) is 39.7 Å². The summed E-state index contributed by atoms with van der Waals surface area (Å²) in [5, 5.41) is 9.14. The Bertz CT molecular complexity index is 553. The fraction of sp³-hybridized carbons (Fsp3) is 0. The molecule has 0 aliphatic carbocycles. The van der Waals surface area contributed by atoms with Gasteiger partial charge in [0.15, 0.2) is 5.69 Å². The van der Waals surface area contributed by atoms with Crippen LogP contribution in [0.3, 0.4) is 0 Å². The Morgan fingerprint density at radius 1 is 1.50 bits per heavy atom. The number of hydrogen-bond acceptors (Lipinski definition) is 3. The van der Waals surface area contributed by atoms with Gasteiger partial charge in [0.1, 0.15) is 6.26 Å². The number of aromatic nitrogens is 1. The van der Waals surface area contributed by atoms with E-state index in [2.05, 4.69) is 20.9 Å². The van der Waals surface area contributed by atoms with E-state index in [0.29, 0.717) is 15.1 Å². The van der Waals surface area contributed by atoms with Gasteiger partial charge in [-0.05, 0) is 28.1 Å². The highest BCUT2D eigenvalue weighted by Gasteiger charge is 2.15. The van der Waals surface area contributed by atoms with Crippen LogP contribution in [0.1, 0.15) is 10.5 Å². The fourth-order valence-electron chi connectivity index (χ4n) is 1.16.